The predicted molar refractivity (Wildman–Crippen MR) is 98.2 cm³/mol. The van der Waals surface area contributed by atoms with Crippen molar-refractivity contribution in [1.29, 1.82) is 0 Å². The van der Waals surface area contributed by atoms with Crippen LogP contribution >= 0.6 is 0 Å². The van der Waals surface area contributed by atoms with E-state index in [9.17, 15) is 9.18 Å². The first kappa shape index (κ1) is 17.4. The highest BCUT2D eigenvalue weighted by molar-refractivity contribution is 5.83. The molecule has 2 unspecified atom stereocenters. The molecule has 2 aliphatic rings. The van der Waals surface area contributed by atoms with Gasteiger partial charge in [0.15, 0.2) is 0 Å². The number of halogens is 1. The van der Waals surface area contributed by atoms with Gasteiger partial charge in [-0.25, -0.2) is 4.39 Å². The molecule has 2 saturated heterocycles. The number of nitrogens with zero attached hydrogens (tertiary/aromatic N) is 1. The lowest BCUT2D eigenvalue weighted by atomic mass is 9.80. The maximum Gasteiger partial charge on any atom is 0.140 e. The largest absolute Gasteiger partial charge is 0.378 e. The van der Waals surface area contributed by atoms with Crippen LogP contribution in [0.2, 0.25) is 0 Å². The summed E-state index contributed by atoms with van der Waals surface area (Å²) in [5, 5.41) is 0. The molecule has 136 valence electrons. The highest BCUT2D eigenvalue weighted by Gasteiger charge is 2.40. The fraction of sp³-hybridized carbons (Fsp3) is 0.409. The molecule has 0 N–H and O–H groups in total. The smallest absolute Gasteiger partial charge is 0.140 e. The van der Waals surface area contributed by atoms with Crippen LogP contribution in [-0.4, -0.2) is 36.0 Å². The number of benzene rings is 2. The van der Waals surface area contributed by atoms with E-state index < -0.39 is 0 Å². The number of Topliss-reactive ketones (excluding diaryl/α,β-unsaturated/α-hetero) is 1. The van der Waals surface area contributed by atoms with Gasteiger partial charge in [0.05, 0.1) is 13.2 Å². The fourth-order valence-electron chi connectivity index (χ4n) is 4.30. The average molecular weight is 353 g/mol. The topological polar surface area (TPSA) is 29.5 Å². The molecular formula is C22H24FNO2. The minimum atomic E-state index is -0.279. The molecule has 2 aromatic rings. The van der Waals surface area contributed by atoms with Gasteiger partial charge in [-0.3, -0.25) is 9.69 Å². The van der Waals surface area contributed by atoms with E-state index in [2.05, 4.69) is 29.2 Å². The van der Waals surface area contributed by atoms with Crippen LogP contribution in [0.15, 0.2) is 54.6 Å². The summed E-state index contributed by atoms with van der Waals surface area (Å²) < 4.78 is 19.1. The van der Waals surface area contributed by atoms with Crippen LogP contribution in [0, 0.1) is 11.7 Å². The molecule has 0 spiro atoms. The number of morpholine rings is 1. The van der Waals surface area contributed by atoms with Crippen molar-refractivity contribution in [2.24, 2.45) is 5.92 Å². The van der Waals surface area contributed by atoms with Gasteiger partial charge in [-0.05, 0) is 36.1 Å². The lowest BCUT2D eigenvalue weighted by Gasteiger charge is -2.48. The first-order chi connectivity index (χ1) is 12.7. The van der Waals surface area contributed by atoms with Crippen LogP contribution in [0.1, 0.15) is 24.0 Å². The van der Waals surface area contributed by atoms with Gasteiger partial charge in [0.2, 0.25) is 0 Å². The van der Waals surface area contributed by atoms with Crippen LogP contribution in [-0.2, 0) is 22.5 Å². The SMILES string of the molecule is O=C(Cc1cccc(F)c1)C1CC2COCC(C1)N2Cc1ccccc1. The maximum atomic E-state index is 13.4. The average Bonchev–Trinajstić information content (AvgIpc) is 2.62. The third-order valence-corrected chi connectivity index (χ3v) is 5.60. The molecule has 0 radical (unpaired) electrons. The van der Waals surface area contributed by atoms with Crippen molar-refractivity contribution in [3.63, 3.8) is 0 Å². The summed E-state index contributed by atoms with van der Waals surface area (Å²) in [6, 6.07) is 17.4. The molecule has 4 rings (SSSR count). The van der Waals surface area contributed by atoms with E-state index in [1.807, 2.05) is 12.1 Å². The minimum Gasteiger partial charge on any atom is -0.378 e. The molecule has 2 aliphatic heterocycles. The Morgan fingerprint density at radius 1 is 1.00 bits per heavy atom. The second-order valence-electron chi connectivity index (χ2n) is 7.44. The maximum absolute atomic E-state index is 13.4. The molecule has 0 amide bonds. The molecule has 2 bridgehead atoms. The van der Waals surface area contributed by atoms with Crippen molar-refractivity contribution < 1.29 is 13.9 Å². The second-order valence-corrected chi connectivity index (χ2v) is 7.44. The number of ketones is 1. The van der Waals surface area contributed by atoms with Crippen LogP contribution in [0.4, 0.5) is 4.39 Å². The van der Waals surface area contributed by atoms with Crippen molar-refractivity contribution >= 4 is 5.78 Å². The molecule has 0 aliphatic carbocycles. The van der Waals surface area contributed by atoms with Gasteiger partial charge in [-0.1, -0.05) is 42.5 Å². The molecule has 26 heavy (non-hydrogen) atoms. The number of hydrogen-bond acceptors (Lipinski definition) is 3. The summed E-state index contributed by atoms with van der Waals surface area (Å²) in [4.78, 5) is 15.3. The molecule has 2 atom stereocenters. The van der Waals surface area contributed by atoms with E-state index in [-0.39, 0.29) is 29.6 Å². The van der Waals surface area contributed by atoms with Gasteiger partial charge >= 0.3 is 0 Å². The van der Waals surface area contributed by atoms with Gasteiger partial charge in [-0.15, -0.1) is 0 Å². The van der Waals surface area contributed by atoms with E-state index >= 15 is 0 Å². The van der Waals surface area contributed by atoms with Gasteiger partial charge in [0.1, 0.15) is 11.6 Å². The second kappa shape index (κ2) is 7.68. The summed E-state index contributed by atoms with van der Waals surface area (Å²) in [5.41, 5.74) is 2.07. The van der Waals surface area contributed by atoms with Crippen molar-refractivity contribution in [3.05, 3.63) is 71.5 Å². The van der Waals surface area contributed by atoms with Crippen molar-refractivity contribution in [2.45, 2.75) is 37.9 Å². The monoisotopic (exact) mass is 353 g/mol. The van der Waals surface area contributed by atoms with Gasteiger partial charge in [0, 0.05) is 31.0 Å². The van der Waals surface area contributed by atoms with Crippen molar-refractivity contribution in [1.82, 2.24) is 4.90 Å². The molecule has 0 aromatic heterocycles. The number of rotatable bonds is 5. The Morgan fingerprint density at radius 2 is 1.69 bits per heavy atom. The van der Waals surface area contributed by atoms with E-state index in [1.165, 1.54) is 17.7 Å². The molecule has 0 saturated carbocycles. The van der Waals surface area contributed by atoms with E-state index in [0.717, 1.165) is 24.9 Å². The summed E-state index contributed by atoms with van der Waals surface area (Å²) in [7, 11) is 0. The Bertz CT molecular complexity index is 750. The summed E-state index contributed by atoms with van der Waals surface area (Å²) in [6.45, 7) is 2.28. The molecule has 2 fully saturated rings. The first-order valence-electron chi connectivity index (χ1n) is 9.33. The Balaban J connectivity index is 1.43. The number of hydrogen-bond donors (Lipinski definition) is 0. The number of fused-ring (bicyclic) bond motifs is 2. The summed E-state index contributed by atoms with van der Waals surface area (Å²) in [5.74, 6) is -0.00528. The highest BCUT2D eigenvalue weighted by Crippen LogP contribution is 2.34. The zero-order valence-corrected chi connectivity index (χ0v) is 14.8. The van der Waals surface area contributed by atoms with Gasteiger partial charge in [0.25, 0.3) is 0 Å². The van der Waals surface area contributed by atoms with Crippen LogP contribution in [0.25, 0.3) is 0 Å². The van der Waals surface area contributed by atoms with E-state index in [4.69, 9.17) is 4.74 Å². The Hall–Kier alpha value is -2.04. The molecule has 2 heterocycles. The molecule has 3 nitrogen and oxygen atoms in total. The van der Waals surface area contributed by atoms with Crippen molar-refractivity contribution in [3.8, 4) is 0 Å². The number of piperidine rings is 1. The number of carbonyl (C=O) groups excluding carboxylic acids is 1. The fourth-order valence-corrected chi connectivity index (χ4v) is 4.30. The zero-order chi connectivity index (χ0) is 17.9. The third-order valence-electron chi connectivity index (χ3n) is 5.60. The van der Waals surface area contributed by atoms with Crippen molar-refractivity contribution in [2.75, 3.05) is 13.2 Å². The predicted octanol–water partition coefficient (Wildman–Crippen LogP) is 3.62. The quantitative estimate of drug-likeness (QED) is 0.822. The summed E-state index contributed by atoms with van der Waals surface area (Å²) >= 11 is 0. The lowest BCUT2D eigenvalue weighted by molar-refractivity contribution is -0.133. The Kier molecular flexibility index (Phi) is 5.14. The Labute approximate surface area is 153 Å². The van der Waals surface area contributed by atoms with Crippen LogP contribution in [0.3, 0.4) is 0 Å². The minimum absolute atomic E-state index is 0.0455. The van der Waals surface area contributed by atoms with Crippen LogP contribution < -0.4 is 0 Å². The zero-order valence-electron chi connectivity index (χ0n) is 14.8. The molecule has 4 heteroatoms. The first-order valence-corrected chi connectivity index (χ1v) is 9.33. The van der Waals surface area contributed by atoms with E-state index in [0.29, 0.717) is 19.6 Å². The lowest BCUT2D eigenvalue weighted by Crippen LogP contribution is -2.57. The normalized spacial score (nSPS) is 25.8. The summed E-state index contributed by atoms with van der Waals surface area (Å²) in [6.07, 6.45) is 1.98. The van der Waals surface area contributed by atoms with Gasteiger partial charge in [-0.2, -0.15) is 0 Å². The Morgan fingerprint density at radius 3 is 2.38 bits per heavy atom. The highest BCUT2D eigenvalue weighted by atomic mass is 19.1. The van der Waals surface area contributed by atoms with Crippen LogP contribution in [0.5, 0.6) is 0 Å². The van der Waals surface area contributed by atoms with Gasteiger partial charge < -0.3 is 4.74 Å². The number of carbonyl (C=O) groups is 1. The number of ether oxygens (including phenoxy) is 1. The third kappa shape index (κ3) is 3.87. The molecule has 2 aromatic carbocycles. The van der Waals surface area contributed by atoms with E-state index in [1.54, 1.807) is 6.07 Å². The molecular weight excluding hydrogens is 329 g/mol. The standard InChI is InChI=1S/C22H24FNO2/c23-19-8-4-7-17(9-19)10-22(25)18-11-20-14-26-15-21(12-18)24(20)13-16-5-2-1-3-6-16/h1-9,18,20-21H,10-15H2.